The second-order valence-corrected chi connectivity index (χ2v) is 9.69. The molecule has 1 aromatic heterocycles. The number of amides is 3. The first-order chi connectivity index (χ1) is 15.2. The maximum Gasteiger partial charge on any atom is 0.326 e. The van der Waals surface area contributed by atoms with Crippen LogP contribution in [0.1, 0.15) is 53.9 Å². The average Bonchev–Trinajstić information content (AvgIpc) is 3.11. The molecule has 0 spiro atoms. The van der Waals surface area contributed by atoms with Crippen LogP contribution in [0.5, 0.6) is 0 Å². The largest absolute Gasteiger partial charge is 0.480 e. The summed E-state index contributed by atoms with van der Waals surface area (Å²) in [6, 6.07) is 3.26. The summed E-state index contributed by atoms with van der Waals surface area (Å²) < 4.78 is 0. The van der Waals surface area contributed by atoms with Crippen molar-refractivity contribution in [2.45, 2.75) is 52.0 Å². The summed E-state index contributed by atoms with van der Waals surface area (Å²) in [5.41, 5.74) is 1.47. The van der Waals surface area contributed by atoms with E-state index in [2.05, 4.69) is 16.0 Å². The van der Waals surface area contributed by atoms with Gasteiger partial charge in [0.15, 0.2) is 0 Å². The van der Waals surface area contributed by atoms with E-state index in [1.165, 1.54) is 11.3 Å². The van der Waals surface area contributed by atoms with Crippen LogP contribution in [0.3, 0.4) is 0 Å². The van der Waals surface area contributed by atoms with E-state index in [1.54, 1.807) is 25.1 Å². The summed E-state index contributed by atoms with van der Waals surface area (Å²) in [7, 11) is 0. The number of hydrogen-bond donors (Lipinski definition) is 4. The van der Waals surface area contributed by atoms with Crippen LogP contribution in [-0.2, 0) is 17.6 Å². The highest BCUT2D eigenvalue weighted by Gasteiger charge is 2.31. The molecule has 4 N–H and O–H groups in total. The summed E-state index contributed by atoms with van der Waals surface area (Å²) in [6.45, 7) is 3.65. The lowest BCUT2D eigenvalue weighted by Crippen LogP contribution is -2.45. The summed E-state index contributed by atoms with van der Waals surface area (Å²) in [5.74, 6) is -1.83. The van der Waals surface area contributed by atoms with Gasteiger partial charge < -0.3 is 15.7 Å². The van der Waals surface area contributed by atoms with Gasteiger partial charge in [-0.2, -0.15) is 0 Å². The molecule has 1 aromatic carbocycles. The zero-order chi connectivity index (χ0) is 23.4. The Morgan fingerprint density at radius 3 is 2.41 bits per heavy atom. The normalized spacial score (nSPS) is 14.8. The smallest absolute Gasteiger partial charge is 0.326 e. The van der Waals surface area contributed by atoms with Gasteiger partial charge in [-0.1, -0.05) is 49.5 Å². The highest BCUT2D eigenvalue weighted by atomic mass is 35.5. The number of halogens is 2. The van der Waals surface area contributed by atoms with Crippen molar-refractivity contribution in [2.75, 3.05) is 10.6 Å². The third-order valence-corrected chi connectivity index (χ3v) is 7.43. The molecule has 172 valence electrons. The maximum atomic E-state index is 13.2. The van der Waals surface area contributed by atoms with E-state index in [4.69, 9.17) is 23.2 Å². The first-order valence-electron chi connectivity index (χ1n) is 10.4. The Morgan fingerprint density at radius 2 is 1.78 bits per heavy atom. The standard InChI is InChI=1S/C22H25Cl2N3O4S/c1-3-11(2)17(21(29)30)25-19(28)16-12-7-4-5-10-15(12)32-20(16)27-22(31)26-18-13(23)8-6-9-14(18)24/h6,8-9,11,17H,3-5,7,10H2,1-2H3,(H,25,28)(H,29,30)(H2,26,27,31)/t11?,17-/m0/s1. The number of carbonyl (C=O) groups excluding carboxylic acids is 2. The molecule has 1 heterocycles. The first kappa shape index (κ1) is 24.4. The van der Waals surface area contributed by atoms with E-state index in [9.17, 15) is 19.5 Å². The molecule has 2 aromatic rings. The summed E-state index contributed by atoms with van der Waals surface area (Å²) in [6.07, 6.45) is 4.05. The van der Waals surface area contributed by atoms with E-state index in [-0.39, 0.29) is 21.7 Å². The highest BCUT2D eigenvalue weighted by Crippen LogP contribution is 2.38. The third-order valence-electron chi connectivity index (χ3n) is 5.59. The van der Waals surface area contributed by atoms with Gasteiger partial charge in [0.25, 0.3) is 5.91 Å². The van der Waals surface area contributed by atoms with Crippen molar-refractivity contribution in [3.05, 3.63) is 44.2 Å². The lowest BCUT2D eigenvalue weighted by atomic mass is 9.94. The minimum atomic E-state index is -1.09. The molecule has 7 nitrogen and oxygen atoms in total. The number of urea groups is 1. The Kier molecular flexibility index (Phi) is 8.03. The van der Waals surface area contributed by atoms with E-state index >= 15 is 0 Å². The number of anilines is 2. The molecule has 0 fully saturated rings. The average molecular weight is 498 g/mol. The van der Waals surface area contributed by atoms with Gasteiger partial charge in [0.1, 0.15) is 11.0 Å². The molecule has 3 rings (SSSR count). The zero-order valence-electron chi connectivity index (χ0n) is 17.8. The fraction of sp³-hybridized carbons (Fsp3) is 0.409. The topological polar surface area (TPSA) is 108 Å². The van der Waals surface area contributed by atoms with Crippen molar-refractivity contribution in [1.29, 1.82) is 0 Å². The predicted molar refractivity (Wildman–Crippen MR) is 128 cm³/mol. The molecule has 1 aliphatic rings. The lowest BCUT2D eigenvalue weighted by molar-refractivity contribution is -0.140. The monoisotopic (exact) mass is 497 g/mol. The minimum Gasteiger partial charge on any atom is -0.480 e. The summed E-state index contributed by atoms with van der Waals surface area (Å²) in [4.78, 5) is 38.6. The van der Waals surface area contributed by atoms with Crippen LogP contribution in [0.4, 0.5) is 15.5 Å². The van der Waals surface area contributed by atoms with Crippen molar-refractivity contribution in [3.8, 4) is 0 Å². The number of hydrogen-bond acceptors (Lipinski definition) is 4. The van der Waals surface area contributed by atoms with Crippen LogP contribution >= 0.6 is 34.5 Å². The van der Waals surface area contributed by atoms with Crippen LogP contribution in [0.15, 0.2) is 18.2 Å². The number of rotatable bonds is 7. The van der Waals surface area contributed by atoms with Crippen molar-refractivity contribution in [1.82, 2.24) is 5.32 Å². The summed E-state index contributed by atoms with van der Waals surface area (Å²) in [5, 5.41) is 18.5. The van der Waals surface area contributed by atoms with E-state index in [0.29, 0.717) is 23.4 Å². The van der Waals surface area contributed by atoms with Crippen molar-refractivity contribution < 1.29 is 19.5 Å². The van der Waals surface area contributed by atoms with Crippen LogP contribution in [-0.4, -0.2) is 29.1 Å². The van der Waals surface area contributed by atoms with Gasteiger partial charge in [-0.05, 0) is 49.3 Å². The molecular weight excluding hydrogens is 473 g/mol. The number of aryl methyl sites for hydroxylation is 1. The fourth-order valence-corrected chi connectivity index (χ4v) is 5.43. The van der Waals surface area contributed by atoms with Crippen LogP contribution in [0.25, 0.3) is 0 Å². The Balaban J connectivity index is 1.88. The van der Waals surface area contributed by atoms with Gasteiger partial charge in [0.2, 0.25) is 0 Å². The molecule has 0 aliphatic heterocycles. The number of aliphatic carboxylic acids is 1. The molecule has 0 saturated heterocycles. The highest BCUT2D eigenvalue weighted by molar-refractivity contribution is 7.17. The molecule has 0 bridgehead atoms. The Morgan fingerprint density at radius 1 is 1.12 bits per heavy atom. The second-order valence-electron chi connectivity index (χ2n) is 7.77. The Hall–Kier alpha value is -2.29. The van der Waals surface area contributed by atoms with E-state index < -0.39 is 23.9 Å². The minimum absolute atomic E-state index is 0.243. The van der Waals surface area contributed by atoms with Crippen molar-refractivity contribution in [3.63, 3.8) is 0 Å². The molecule has 1 aliphatic carbocycles. The predicted octanol–water partition coefficient (Wildman–Crippen LogP) is 5.81. The molecule has 10 heteroatoms. The molecular formula is C22H25Cl2N3O4S. The number of nitrogens with one attached hydrogen (secondary N) is 3. The van der Waals surface area contributed by atoms with Gasteiger partial charge >= 0.3 is 12.0 Å². The number of carbonyl (C=O) groups is 3. The SMILES string of the molecule is CCC(C)[C@H](NC(=O)c1c(NC(=O)Nc2c(Cl)cccc2Cl)sc2c1CCCC2)C(=O)O. The molecule has 0 radical (unpaired) electrons. The lowest BCUT2D eigenvalue weighted by Gasteiger charge is -2.21. The van der Waals surface area contributed by atoms with E-state index in [1.807, 2.05) is 6.92 Å². The number of thiophene rings is 1. The van der Waals surface area contributed by atoms with Crippen LogP contribution in [0, 0.1) is 5.92 Å². The number of fused-ring (bicyclic) bond motifs is 1. The second kappa shape index (κ2) is 10.6. The van der Waals surface area contributed by atoms with Gasteiger partial charge in [0, 0.05) is 4.88 Å². The number of carboxylic acids is 1. The zero-order valence-corrected chi connectivity index (χ0v) is 20.1. The molecule has 32 heavy (non-hydrogen) atoms. The number of benzene rings is 1. The number of carboxylic acid groups (broad SMARTS) is 1. The van der Waals surface area contributed by atoms with Gasteiger partial charge in [-0.3, -0.25) is 10.1 Å². The fourth-order valence-electron chi connectivity index (χ4n) is 3.66. The van der Waals surface area contributed by atoms with Gasteiger partial charge in [0.05, 0.1) is 21.3 Å². The molecule has 1 unspecified atom stereocenters. The Labute approximate surface area is 200 Å². The van der Waals surface area contributed by atoms with Crippen molar-refractivity contribution in [2.24, 2.45) is 5.92 Å². The molecule has 0 saturated carbocycles. The van der Waals surface area contributed by atoms with Gasteiger partial charge in [-0.25, -0.2) is 9.59 Å². The molecule has 2 atom stereocenters. The third kappa shape index (κ3) is 5.36. The first-order valence-corrected chi connectivity index (χ1v) is 12.0. The van der Waals surface area contributed by atoms with Crippen LogP contribution in [0.2, 0.25) is 10.0 Å². The van der Waals surface area contributed by atoms with Crippen molar-refractivity contribution >= 4 is 63.1 Å². The Bertz CT molecular complexity index is 1020. The van der Waals surface area contributed by atoms with Crippen LogP contribution < -0.4 is 16.0 Å². The quantitative estimate of drug-likeness (QED) is 0.387. The number of para-hydroxylation sites is 1. The maximum absolute atomic E-state index is 13.2. The molecule has 3 amide bonds. The van der Waals surface area contributed by atoms with E-state index in [0.717, 1.165) is 29.7 Å². The van der Waals surface area contributed by atoms with Gasteiger partial charge in [-0.15, -0.1) is 11.3 Å². The summed E-state index contributed by atoms with van der Waals surface area (Å²) >= 11 is 13.6.